The third-order valence-electron chi connectivity index (χ3n) is 5.93. The van der Waals surface area contributed by atoms with Crippen LogP contribution >= 0.6 is 11.6 Å². The second-order valence-electron chi connectivity index (χ2n) is 8.22. The number of methoxy groups -OCH3 is 1. The Morgan fingerprint density at radius 3 is 2.82 bits per heavy atom. The van der Waals surface area contributed by atoms with Crippen molar-refractivity contribution in [1.82, 2.24) is 15.0 Å². The van der Waals surface area contributed by atoms with Crippen LogP contribution in [0.1, 0.15) is 23.7 Å². The lowest BCUT2D eigenvalue weighted by Crippen LogP contribution is -2.31. The molecule has 3 heterocycles. The Morgan fingerprint density at radius 2 is 2.06 bits per heavy atom. The van der Waals surface area contributed by atoms with E-state index in [0.29, 0.717) is 41.9 Å². The molecule has 2 aromatic carbocycles. The van der Waals surface area contributed by atoms with E-state index in [2.05, 4.69) is 10.3 Å². The zero-order chi connectivity index (χ0) is 23.5. The number of carbonyl (C=O) groups is 1. The maximum absolute atomic E-state index is 13.0. The predicted octanol–water partition coefficient (Wildman–Crippen LogP) is 4.01. The van der Waals surface area contributed by atoms with Crippen molar-refractivity contribution >= 4 is 23.4 Å². The maximum Gasteiger partial charge on any atom is 0.415 e. The number of carbonyl (C=O) groups excluding carboxylic acids is 1. The molecule has 1 aromatic heterocycles. The minimum atomic E-state index is -0.506. The third kappa shape index (κ3) is 4.86. The van der Waals surface area contributed by atoms with E-state index >= 15 is 0 Å². The highest BCUT2D eigenvalue weighted by atomic mass is 35.5. The lowest BCUT2D eigenvalue weighted by molar-refractivity contribution is 0.0301. The molecule has 0 spiro atoms. The van der Waals surface area contributed by atoms with Gasteiger partial charge in [-0.1, -0.05) is 28.9 Å². The zero-order valence-corrected chi connectivity index (χ0v) is 19.4. The average Bonchev–Trinajstić information content (AvgIpc) is 3.59. The van der Waals surface area contributed by atoms with Gasteiger partial charge < -0.3 is 18.9 Å². The molecule has 0 radical (unpaired) electrons. The molecule has 34 heavy (non-hydrogen) atoms. The lowest BCUT2D eigenvalue weighted by atomic mass is 9.99. The fourth-order valence-corrected chi connectivity index (χ4v) is 4.38. The van der Waals surface area contributed by atoms with Gasteiger partial charge in [0, 0.05) is 17.3 Å². The number of rotatable bonds is 8. The molecular formula is C24H25ClN4O5. The van der Waals surface area contributed by atoms with E-state index < -0.39 is 18.2 Å². The first kappa shape index (κ1) is 22.6. The van der Waals surface area contributed by atoms with Crippen molar-refractivity contribution < 1.29 is 23.7 Å². The van der Waals surface area contributed by atoms with Gasteiger partial charge in [-0.15, -0.1) is 5.10 Å². The summed E-state index contributed by atoms with van der Waals surface area (Å²) in [6, 6.07) is 14.3. The molecule has 2 aliphatic heterocycles. The summed E-state index contributed by atoms with van der Waals surface area (Å²) in [7, 11) is 1.61. The molecule has 178 valence electrons. The summed E-state index contributed by atoms with van der Waals surface area (Å²) in [5.74, 6) is 0.697. The fraction of sp³-hybridized carbons (Fsp3) is 0.375. The molecule has 3 aromatic rings. The highest BCUT2D eigenvalue weighted by Crippen LogP contribution is 2.39. The van der Waals surface area contributed by atoms with Gasteiger partial charge in [-0.05, 0) is 48.4 Å². The van der Waals surface area contributed by atoms with Crippen LogP contribution in [0.15, 0.2) is 54.7 Å². The van der Waals surface area contributed by atoms with Crippen molar-refractivity contribution in [1.29, 1.82) is 0 Å². The number of aromatic nitrogens is 3. The van der Waals surface area contributed by atoms with Crippen molar-refractivity contribution in [2.45, 2.75) is 37.8 Å². The van der Waals surface area contributed by atoms with Crippen LogP contribution in [0.2, 0.25) is 5.02 Å². The van der Waals surface area contributed by atoms with Gasteiger partial charge in [-0.25, -0.2) is 9.48 Å². The maximum atomic E-state index is 13.0. The summed E-state index contributed by atoms with van der Waals surface area (Å²) in [5, 5.41) is 9.02. The Balaban J connectivity index is 1.38. The number of ether oxygens (including phenoxy) is 4. The molecule has 2 saturated heterocycles. The van der Waals surface area contributed by atoms with Gasteiger partial charge in [0.15, 0.2) is 0 Å². The predicted molar refractivity (Wildman–Crippen MR) is 124 cm³/mol. The summed E-state index contributed by atoms with van der Waals surface area (Å²) in [5.41, 5.74) is 2.29. The van der Waals surface area contributed by atoms with E-state index in [4.69, 9.17) is 30.5 Å². The van der Waals surface area contributed by atoms with Crippen molar-refractivity contribution in [2.24, 2.45) is 0 Å². The summed E-state index contributed by atoms with van der Waals surface area (Å²) in [4.78, 5) is 14.7. The second-order valence-corrected chi connectivity index (χ2v) is 8.66. The van der Waals surface area contributed by atoms with E-state index in [9.17, 15) is 4.79 Å². The molecule has 2 fully saturated rings. The quantitative estimate of drug-likeness (QED) is 0.477. The molecule has 2 aliphatic rings. The minimum Gasteiger partial charge on any atom is -0.497 e. The molecule has 0 N–H and O–H groups in total. The van der Waals surface area contributed by atoms with Crippen LogP contribution in [0.4, 0.5) is 10.5 Å². The molecule has 9 nitrogen and oxygen atoms in total. The van der Waals surface area contributed by atoms with Gasteiger partial charge in [0.1, 0.15) is 23.6 Å². The first-order valence-corrected chi connectivity index (χ1v) is 11.5. The van der Waals surface area contributed by atoms with Gasteiger partial charge in [-0.3, -0.25) is 4.90 Å². The minimum absolute atomic E-state index is 0.0892. The van der Waals surface area contributed by atoms with Gasteiger partial charge >= 0.3 is 6.09 Å². The van der Waals surface area contributed by atoms with E-state index in [-0.39, 0.29) is 6.10 Å². The number of hydrogen-bond donors (Lipinski definition) is 0. The Kier molecular flexibility index (Phi) is 6.66. The molecular weight excluding hydrogens is 460 g/mol. The summed E-state index contributed by atoms with van der Waals surface area (Å²) in [6.45, 7) is 2.01. The largest absolute Gasteiger partial charge is 0.497 e. The highest BCUT2D eigenvalue weighted by molar-refractivity contribution is 6.30. The van der Waals surface area contributed by atoms with Crippen LogP contribution in [0, 0.1) is 0 Å². The summed E-state index contributed by atoms with van der Waals surface area (Å²) < 4.78 is 24.1. The Bertz CT molecular complexity index is 1130. The normalized spacial score (nSPS) is 22.2. The number of hydrogen-bond acceptors (Lipinski definition) is 7. The summed E-state index contributed by atoms with van der Waals surface area (Å²) in [6.07, 6.45) is 1.84. The van der Waals surface area contributed by atoms with Crippen LogP contribution in [0.5, 0.6) is 5.75 Å². The smallest absolute Gasteiger partial charge is 0.415 e. The van der Waals surface area contributed by atoms with Crippen LogP contribution < -0.4 is 9.64 Å². The Morgan fingerprint density at radius 1 is 1.21 bits per heavy atom. The number of anilines is 1. The standard InChI is InChI=1S/C24H25ClN4O5/c1-31-20-4-2-3-16(11-20)23-22(34-24(30)29(23)19-7-5-17(25)6-8-19)13-28-12-18(26-27-28)14-33-21-9-10-32-15-21/h2-8,11-12,21-23H,9-10,13-15H2,1H3/t21?,22-,23-/m0/s1. The zero-order valence-electron chi connectivity index (χ0n) is 18.7. The number of amides is 1. The lowest BCUT2D eigenvalue weighted by Gasteiger charge is -2.25. The molecule has 3 atom stereocenters. The molecule has 5 rings (SSSR count). The number of nitrogens with zero attached hydrogens (tertiary/aromatic N) is 4. The van der Waals surface area contributed by atoms with E-state index in [1.165, 1.54) is 0 Å². The Hall–Kier alpha value is -3.14. The van der Waals surface area contributed by atoms with Gasteiger partial charge in [0.05, 0.1) is 39.2 Å². The monoisotopic (exact) mass is 484 g/mol. The highest BCUT2D eigenvalue weighted by Gasteiger charge is 2.44. The molecule has 0 saturated carbocycles. The molecule has 1 amide bonds. The van der Waals surface area contributed by atoms with Crippen molar-refractivity contribution in [3.8, 4) is 5.75 Å². The van der Waals surface area contributed by atoms with Gasteiger partial charge in [0.25, 0.3) is 0 Å². The third-order valence-corrected chi connectivity index (χ3v) is 6.18. The van der Waals surface area contributed by atoms with Crippen LogP contribution in [0.3, 0.4) is 0 Å². The van der Waals surface area contributed by atoms with Crippen LogP contribution in [-0.4, -0.2) is 53.6 Å². The second kappa shape index (κ2) is 10.0. The SMILES string of the molecule is COc1cccc([C@H]2[C@H](Cn3cc(COC4CCOC4)nn3)OC(=O)N2c2ccc(Cl)cc2)c1. The van der Waals surface area contributed by atoms with E-state index in [0.717, 1.165) is 18.6 Å². The topological polar surface area (TPSA) is 87.9 Å². The molecule has 10 heteroatoms. The molecule has 0 bridgehead atoms. The number of benzene rings is 2. The van der Waals surface area contributed by atoms with Crippen molar-refractivity contribution in [3.05, 3.63) is 71.0 Å². The number of cyclic esters (lactones) is 1. The molecule has 1 unspecified atom stereocenters. The summed E-state index contributed by atoms with van der Waals surface area (Å²) >= 11 is 6.07. The first-order valence-electron chi connectivity index (χ1n) is 11.1. The Labute approximate surface area is 202 Å². The van der Waals surface area contributed by atoms with Gasteiger partial charge in [0.2, 0.25) is 0 Å². The van der Waals surface area contributed by atoms with Crippen molar-refractivity contribution in [2.75, 3.05) is 25.2 Å². The van der Waals surface area contributed by atoms with Crippen molar-refractivity contribution in [3.63, 3.8) is 0 Å². The van der Waals surface area contributed by atoms with Crippen LogP contribution in [-0.2, 0) is 27.4 Å². The first-order chi connectivity index (χ1) is 16.6. The van der Waals surface area contributed by atoms with E-state index in [1.54, 1.807) is 41.0 Å². The fourth-order valence-electron chi connectivity index (χ4n) is 4.25. The van der Waals surface area contributed by atoms with Crippen LogP contribution in [0.25, 0.3) is 0 Å². The van der Waals surface area contributed by atoms with E-state index in [1.807, 2.05) is 30.5 Å². The number of halogens is 1. The average molecular weight is 485 g/mol. The molecule has 0 aliphatic carbocycles. The van der Waals surface area contributed by atoms with Gasteiger partial charge in [-0.2, -0.15) is 0 Å².